The van der Waals surface area contributed by atoms with Gasteiger partial charge in [-0.25, -0.2) is 9.48 Å². The highest BCUT2D eigenvalue weighted by Gasteiger charge is 2.11. The molecule has 0 bridgehead atoms. The van der Waals surface area contributed by atoms with E-state index in [1.165, 1.54) is 6.08 Å². The first-order valence-corrected chi connectivity index (χ1v) is 8.45. The lowest BCUT2D eigenvalue weighted by atomic mass is 10.1. The predicted octanol–water partition coefficient (Wildman–Crippen LogP) is 3.23. The summed E-state index contributed by atoms with van der Waals surface area (Å²) in [5.74, 6) is -1.38. The maximum Gasteiger partial charge on any atom is 0.331 e. The number of para-hydroxylation sites is 1. The van der Waals surface area contributed by atoms with E-state index in [1.807, 2.05) is 42.5 Å². The Hall–Kier alpha value is -3.38. The molecular formula is C20H16ClN3O3. The number of amides is 1. The molecule has 0 radical (unpaired) electrons. The minimum absolute atomic E-state index is 0.462. The highest BCUT2D eigenvalue weighted by atomic mass is 35.5. The number of esters is 1. The fraction of sp³-hybridized carbons (Fsp3) is 0.0500. The predicted molar refractivity (Wildman–Crippen MR) is 103 cm³/mol. The molecule has 1 amide bonds. The van der Waals surface area contributed by atoms with Crippen LogP contribution >= 0.6 is 11.6 Å². The van der Waals surface area contributed by atoms with Gasteiger partial charge in [-0.15, -0.1) is 0 Å². The van der Waals surface area contributed by atoms with Gasteiger partial charge in [0.2, 0.25) is 0 Å². The number of benzene rings is 2. The molecule has 1 aromatic heterocycles. The largest absolute Gasteiger partial charge is 0.452 e. The van der Waals surface area contributed by atoms with Crippen molar-refractivity contribution in [2.75, 3.05) is 6.61 Å². The van der Waals surface area contributed by atoms with E-state index in [0.29, 0.717) is 16.3 Å². The smallest absolute Gasteiger partial charge is 0.331 e. The molecule has 7 heteroatoms. The molecule has 2 aromatic carbocycles. The molecule has 0 aliphatic heterocycles. The van der Waals surface area contributed by atoms with E-state index in [2.05, 4.69) is 5.10 Å². The molecule has 2 N–H and O–H groups in total. The van der Waals surface area contributed by atoms with E-state index in [0.717, 1.165) is 11.3 Å². The van der Waals surface area contributed by atoms with Crippen LogP contribution in [0, 0.1) is 0 Å². The molecule has 27 heavy (non-hydrogen) atoms. The Bertz CT molecular complexity index is 979. The Balaban J connectivity index is 1.95. The first-order valence-electron chi connectivity index (χ1n) is 8.07. The minimum atomic E-state index is -0.712. The SMILES string of the molecule is NC(=O)COC(=O)/C=C/c1cn(-c2ccccc2)nc1-c1ccc(Cl)cc1. The van der Waals surface area contributed by atoms with Crippen molar-refractivity contribution in [1.82, 2.24) is 9.78 Å². The molecule has 3 rings (SSSR count). The third kappa shape index (κ3) is 4.83. The van der Waals surface area contributed by atoms with Crippen molar-refractivity contribution in [2.45, 2.75) is 0 Å². The van der Waals surface area contributed by atoms with Crippen molar-refractivity contribution in [3.8, 4) is 16.9 Å². The van der Waals surface area contributed by atoms with Gasteiger partial charge in [0.15, 0.2) is 6.61 Å². The van der Waals surface area contributed by atoms with E-state index < -0.39 is 18.5 Å². The summed E-state index contributed by atoms with van der Waals surface area (Å²) in [5.41, 5.74) is 8.07. The molecule has 6 nitrogen and oxygen atoms in total. The van der Waals surface area contributed by atoms with Gasteiger partial charge in [-0.05, 0) is 30.3 Å². The van der Waals surface area contributed by atoms with E-state index in [1.54, 1.807) is 29.1 Å². The maximum absolute atomic E-state index is 11.7. The fourth-order valence-corrected chi connectivity index (χ4v) is 2.53. The van der Waals surface area contributed by atoms with Crippen LogP contribution in [0.25, 0.3) is 23.0 Å². The standard InChI is InChI=1S/C20H16ClN3O3/c21-16-9-6-14(7-10-16)20-15(8-11-19(26)27-13-18(22)25)12-24(23-20)17-4-2-1-3-5-17/h1-12H,13H2,(H2,22,25)/b11-8+. The quantitative estimate of drug-likeness (QED) is 0.524. The zero-order valence-electron chi connectivity index (χ0n) is 14.2. The topological polar surface area (TPSA) is 87.2 Å². The van der Waals surface area contributed by atoms with Gasteiger partial charge in [-0.1, -0.05) is 41.9 Å². The van der Waals surface area contributed by atoms with Gasteiger partial charge < -0.3 is 10.5 Å². The lowest BCUT2D eigenvalue weighted by Crippen LogP contribution is -2.19. The Labute approximate surface area is 160 Å². The number of halogens is 1. The van der Waals surface area contributed by atoms with Crippen LogP contribution in [0.4, 0.5) is 0 Å². The van der Waals surface area contributed by atoms with Crippen molar-refractivity contribution < 1.29 is 14.3 Å². The molecule has 0 unspecified atom stereocenters. The van der Waals surface area contributed by atoms with E-state index >= 15 is 0 Å². The summed E-state index contributed by atoms with van der Waals surface area (Å²) < 4.78 is 6.45. The summed E-state index contributed by atoms with van der Waals surface area (Å²) in [5, 5.41) is 5.25. The molecule has 0 atom stereocenters. The van der Waals surface area contributed by atoms with Gasteiger partial charge >= 0.3 is 5.97 Å². The molecule has 136 valence electrons. The second kappa shape index (κ2) is 8.33. The first kappa shape index (κ1) is 18.4. The Morgan fingerprint density at radius 2 is 1.81 bits per heavy atom. The van der Waals surface area contributed by atoms with Gasteiger partial charge in [0.05, 0.1) is 11.4 Å². The highest BCUT2D eigenvalue weighted by molar-refractivity contribution is 6.30. The van der Waals surface area contributed by atoms with Gasteiger partial charge in [0.25, 0.3) is 5.91 Å². The molecule has 0 fully saturated rings. The summed E-state index contributed by atoms with van der Waals surface area (Å²) in [6.45, 7) is -0.462. The number of primary amides is 1. The van der Waals surface area contributed by atoms with Crippen molar-refractivity contribution in [2.24, 2.45) is 5.73 Å². The summed E-state index contributed by atoms with van der Waals surface area (Å²) in [4.78, 5) is 22.4. The zero-order chi connectivity index (χ0) is 19.2. The Morgan fingerprint density at radius 1 is 1.11 bits per heavy atom. The monoisotopic (exact) mass is 381 g/mol. The molecule has 0 spiro atoms. The molecule has 3 aromatic rings. The number of rotatable bonds is 6. The average Bonchev–Trinajstić information content (AvgIpc) is 3.10. The van der Waals surface area contributed by atoms with Gasteiger partial charge in [0, 0.05) is 28.4 Å². The second-order valence-electron chi connectivity index (χ2n) is 5.63. The van der Waals surface area contributed by atoms with Crippen LogP contribution in [-0.2, 0) is 14.3 Å². The number of aromatic nitrogens is 2. The van der Waals surface area contributed by atoms with Crippen LogP contribution in [0.1, 0.15) is 5.56 Å². The van der Waals surface area contributed by atoms with Crippen molar-refractivity contribution in [3.05, 3.63) is 77.5 Å². The van der Waals surface area contributed by atoms with E-state index in [9.17, 15) is 9.59 Å². The van der Waals surface area contributed by atoms with Crippen LogP contribution in [0.5, 0.6) is 0 Å². The number of nitrogens with two attached hydrogens (primary N) is 1. The lowest BCUT2D eigenvalue weighted by molar-refractivity contribution is -0.142. The minimum Gasteiger partial charge on any atom is -0.452 e. The van der Waals surface area contributed by atoms with Gasteiger partial charge in [0.1, 0.15) is 0 Å². The molecule has 0 saturated carbocycles. The number of hydrogen-bond acceptors (Lipinski definition) is 4. The maximum atomic E-state index is 11.7. The summed E-state index contributed by atoms with van der Waals surface area (Å²) in [7, 11) is 0. The van der Waals surface area contributed by atoms with Crippen molar-refractivity contribution >= 4 is 29.6 Å². The van der Waals surface area contributed by atoms with Crippen LogP contribution in [0.3, 0.4) is 0 Å². The second-order valence-corrected chi connectivity index (χ2v) is 6.06. The van der Waals surface area contributed by atoms with Crippen LogP contribution < -0.4 is 5.73 Å². The summed E-state index contributed by atoms with van der Waals surface area (Å²) >= 11 is 5.96. The number of nitrogens with zero attached hydrogens (tertiary/aromatic N) is 2. The number of hydrogen-bond donors (Lipinski definition) is 1. The fourth-order valence-electron chi connectivity index (χ4n) is 2.40. The third-order valence-electron chi connectivity index (χ3n) is 3.64. The normalized spacial score (nSPS) is 10.9. The summed E-state index contributed by atoms with van der Waals surface area (Å²) in [6.07, 6.45) is 4.62. The van der Waals surface area contributed by atoms with Gasteiger partial charge in [-0.2, -0.15) is 5.10 Å². The molecule has 0 aliphatic rings. The average molecular weight is 382 g/mol. The summed E-state index contributed by atoms with van der Waals surface area (Å²) in [6, 6.07) is 16.8. The van der Waals surface area contributed by atoms with E-state index in [4.69, 9.17) is 22.1 Å². The van der Waals surface area contributed by atoms with Crippen molar-refractivity contribution in [3.63, 3.8) is 0 Å². The molecule has 0 saturated heterocycles. The zero-order valence-corrected chi connectivity index (χ0v) is 15.0. The number of carbonyl (C=O) groups excluding carboxylic acids is 2. The number of ether oxygens (including phenoxy) is 1. The molecular weight excluding hydrogens is 366 g/mol. The van der Waals surface area contributed by atoms with Crippen LogP contribution in [0.15, 0.2) is 66.9 Å². The van der Waals surface area contributed by atoms with Gasteiger partial charge in [-0.3, -0.25) is 4.79 Å². The van der Waals surface area contributed by atoms with E-state index in [-0.39, 0.29) is 0 Å². The Kier molecular flexibility index (Phi) is 5.68. The molecule has 0 aliphatic carbocycles. The van der Waals surface area contributed by atoms with Crippen LogP contribution in [-0.4, -0.2) is 28.3 Å². The lowest BCUT2D eigenvalue weighted by Gasteiger charge is -2.01. The third-order valence-corrected chi connectivity index (χ3v) is 3.89. The highest BCUT2D eigenvalue weighted by Crippen LogP contribution is 2.26. The number of carbonyl (C=O) groups is 2. The Morgan fingerprint density at radius 3 is 2.48 bits per heavy atom. The first-order chi connectivity index (χ1) is 13.0. The molecule has 1 heterocycles. The van der Waals surface area contributed by atoms with Crippen molar-refractivity contribution in [1.29, 1.82) is 0 Å². The van der Waals surface area contributed by atoms with Crippen LogP contribution in [0.2, 0.25) is 5.02 Å².